The molecule has 0 aromatic carbocycles. The van der Waals surface area contributed by atoms with Crippen LogP contribution in [0.15, 0.2) is 23.2 Å². The molecular formula is C17H27N3O3S. The van der Waals surface area contributed by atoms with E-state index in [0.29, 0.717) is 30.9 Å². The summed E-state index contributed by atoms with van der Waals surface area (Å²) in [6.07, 6.45) is 8.58. The lowest BCUT2D eigenvalue weighted by molar-refractivity contribution is 0.254. The van der Waals surface area contributed by atoms with E-state index >= 15 is 0 Å². The first-order chi connectivity index (χ1) is 11.6. The van der Waals surface area contributed by atoms with Gasteiger partial charge in [0.2, 0.25) is 10.0 Å². The summed E-state index contributed by atoms with van der Waals surface area (Å²) in [5.74, 6) is 1.18. The van der Waals surface area contributed by atoms with Gasteiger partial charge in [-0.2, -0.15) is 4.31 Å². The summed E-state index contributed by atoms with van der Waals surface area (Å²) >= 11 is 0. The Morgan fingerprint density at radius 3 is 2.62 bits per heavy atom. The molecule has 1 saturated heterocycles. The predicted molar refractivity (Wildman–Crippen MR) is 93.3 cm³/mol. The normalized spacial score (nSPS) is 25.7. The average Bonchev–Trinajstić information content (AvgIpc) is 3.03. The third-order valence-electron chi connectivity index (χ3n) is 5.18. The Bertz CT molecular complexity index is 627. The Hall–Kier alpha value is -1.18. The highest BCUT2D eigenvalue weighted by Crippen LogP contribution is 2.30. The molecule has 2 aliphatic rings. The van der Waals surface area contributed by atoms with Gasteiger partial charge in [-0.05, 0) is 50.2 Å². The van der Waals surface area contributed by atoms with Gasteiger partial charge in [0.15, 0.2) is 0 Å². The van der Waals surface area contributed by atoms with Gasteiger partial charge < -0.3 is 10.4 Å². The summed E-state index contributed by atoms with van der Waals surface area (Å²) < 4.78 is 26.8. The SMILES string of the molecule is O=S(=O)(c1ccc(NC2CCCC2CCO)nc1)N1CCCCC1. The molecule has 0 spiro atoms. The van der Waals surface area contributed by atoms with Gasteiger partial charge in [0.1, 0.15) is 10.7 Å². The molecule has 1 aliphatic carbocycles. The standard InChI is InChI=1S/C17H27N3O3S/c21-12-9-14-5-4-6-16(14)19-17-8-7-15(13-18-17)24(22,23)20-10-2-1-3-11-20/h7-8,13-14,16,21H,1-6,9-12H2,(H,18,19). The van der Waals surface area contributed by atoms with Gasteiger partial charge >= 0.3 is 0 Å². The van der Waals surface area contributed by atoms with Crippen molar-refractivity contribution in [1.82, 2.24) is 9.29 Å². The fraction of sp³-hybridized carbons (Fsp3) is 0.706. The molecule has 134 valence electrons. The van der Waals surface area contributed by atoms with Crippen LogP contribution in [0.4, 0.5) is 5.82 Å². The van der Waals surface area contributed by atoms with E-state index in [-0.39, 0.29) is 11.5 Å². The van der Waals surface area contributed by atoms with Gasteiger partial charge in [-0.15, -0.1) is 0 Å². The van der Waals surface area contributed by atoms with Gasteiger partial charge in [0, 0.05) is 31.9 Å². The van der Waals surface area contributed by atoms with Crippen molar-refractivity contribution in [2.75, 3.05) is 25.0 Å². The second-order valence-corrected chi connectivity index (χ2v) is 8.74. The van der Waals surface area contributed by atoms with E-state index in [1.807, 2.05) is 0 Å². The monoisotopic (exact) mass is 353 g/mol. The first kappa shape index (κ1) is 17.6. The fourth-order valence-corrected chi connectivity index (χ4v) is 5.26. The molecule has 24 heavy (non-hydrogen) atoms. The lowest BCUT2D eigenvalue weighted by Crippen LogP contribution is -2.35. The molecule has 1 saturated carbocycles. The summed E-state index contributed by atoms with van der Waals surface area (Å²) in [7, 11) is -3.42. The van der Waals surface area contributed by atoms with Crippen molar-refractivity contribution in [3.63, 3.8) is 0 Å². The number of hydrogen-bond donors (Lipinski definition) is 2. The lowest BCUT2D eigenvalue weighted by Gasteiger charge is -2.26. The maximum absolute atomic E-state index is 12.6. The number of nitrogens with zero attached hydrogens (tertiary/aromatic N) is 2. The van der Waals surface area contributed by atoms with E-state index in [1.165, 1.54) is 6.20 Å². The molecule has 0 amide bonds. The summed E-state index contributed by atoms with van der Waals surface area (Å²) in [6.45, 7) is 1.42. The van der Waals surface area contributed by atoms with Crippen LogP contribution in [0.3, 0.4) is 0 Å². The Kier molecular flexibility index (Phi) is 5.73. The van der Waals surface area contributed by atoms with Crippen LogP contribution in [0.1, 0.15) is 44.9 Å². The Labute approximate surface area is 144 Å². The predicted octanol–water partition coefficient (Wildman–Crippen LogP) is 2.22. The zero-order valence-corrected chi connectivity index (χ0v) is 14.8. The number of nitrogens with one attached hydrogen (secondary N) is 1. The molecule has 0 bridgehead atoms. The van der Waals surface area contributed by atoms with Crippen LogP contribution in [0.25, 0.3) is 0 Å². The Balaban J connectivity index is 1.66. The highest BCUT2D eigenvalue weighted by Gasteiger charge is 2.28. The molecule has 2 N–H and O–H groups in total. The molecular weight excluding hydrogens is 326 g/mol. The second kappa shape index (κ2) is 7.80. The minimum atomic E-state index is -3.42. The maximum atomic E-state index is 12.6. The third-order valence-corrected chi connectivity index (χ3v) is 7.06. The molecule has 3 rings (SSSR count). The number of piperidine rings is 1. The van der Waals surface area contributed by atoms with E-state index in [1.54, 1.807) is 16.4 Å². The van der Waals surface area contributed by atoms with Gasteiger partial charge in [-0.3, -0.25) is 0 Å². The van der Waals surface area contributed by atoms with Crippen LogP contribution >= 0.6 is 0 Å². The fourth-order valence-electron chi connectivity index (χ4n) is 3.80. The maximum Gasteiger partial charge on any atom is 0.244 e. The molecule has 2 atom stereocenters. The molecule has 1 aromatic heterocycles. The third kappa shape index (κ3) is 3.90. The van der Waals surface area contributed by atoms with E-state index in [0.717, 1.165) is 44.9 Å². The minimum Gasteiger partial charge on any atom is -0.396 e. The van der Waals surface area contributed by atoms with Crippen LogP contribution in [-0.4, -0.2) is 48.6 Å². The number of rotatable bonds is 6. The number of hydrogen-bond acceptors (Lipinski definition) is 5. The Morgan fingerprint density at radius 1 is 1.17 bits per heavy atom. The van der Waals surface area contributed by atoms with E-state index in [4.69, 9.17) is 5.11 Å². The van der Waals surface area contributed by atoms with Crippen LogP contribution in [0.5, 0.6) is 0 Å². The van der Waals surface area contributed by atoms with Crippen LogP contribution in [-0.2, 0) is 10.0 Å². The van der Waals surface area contributed by atoms with Crippen molar-refractivity contribution < 1.29 is 13.5 Å². The van der Waals surface area contributed by atoms with Crippen molar-refractivity contribution in [3.8, 4) is 0 Å². The zero-order chi connectivity index (χ0) is 17.0. The number of sulfonamides is 1. The Morgan fingerprint density at radius 2 is 1.96 bits per heavy atom. The molecule has 1 aromatic rings. The molecule has 2 heterocycles. The molecule has 6 nitrogen and oxygen atoms in total. The smallest absolute Gasteiger partial charge is 0.244 e. The van der Waals surface area contributed by atoms with Gasteiger partial charge in [0.25, 0.3) is 0 Å². The van der Waals surface area contributed by atoms with Gasteiger partial charge in [-0.25, -0.2) is 13.4 Å². The second-order valence-electron chi connectivity index (χ2n) is 6.80. The van der Waals surface area contributed by atoms with Gasteiger partial charge in [0.05, 0.1) is 0 Å². The highest BCUT2D eigenvalue weighted by molar-refractivity contribution is 7.89. The topological polar surface area (TPSA) is 82.5 Å². The summed E-state index contributed by atoms with van der Waals surface area (Å²) in [5, 5.41) is 12.5. The average molecular weight is 353 g/mol. The highest BCUT2D eigenvalue weighted by atomic mass is 32.2. The van der Waals surface area contributed by atoms with E-state index < -0.39 is 10.0 Å². The van der Waals surface area contributed by atoms with Crippen LogP contribution in [0.2, 0.25) is 0 Å². The number of aliphatic hydroxyl groups excluding tert-OH is 1. The summed E-state index contributed by atoms with van der Waals surface area (Å²) in [5.41, 5.74) is 0. The first-order valence-electron chi connectivity index (χ1n) is 8.95. The largest absolute Gasteiger partial charge is 0.396 e. The number of pyridine rings is 1. The molecule has 0 radical (unpaired) electrons. The molecule has 1 aliphatic heterocycles. The number of aliphatic hydroxyl groups is 1. The van der Waals surface area contributed by atoms with E-state index in [2.05, 4.69) is 10.3 Å². The van der Waals surface area contributed by atoms with Crippen LogP contribution in [0, 0.1) is 5.92 Å². The van der Waals surface area contributed by atoms with Crippen molar-refractivity contribution in [2.45, 2.75) is 55.9 Å². The van der Waals surface area contributed by atoms with Crippen molar-refractivity contribution in [1.29, 1.82) is 0 Å². The van der Waals surface area contributed by atoms with Crippen LogP contribution < -0.4 is 5.32 Å². The number of aromatic nitrogens is 1. The van der Waals surface area contributed by atoms with E-state index in [9.17, 15) is 8.42 Å². The molecule has 2 fully saturated rings. The first-order valence-corrected chi connectivity index (χ1v) is 10.4. The zero-order valence-electron chi connectivity index (χ0n) is 14.0. The van der Waals surface area contributed by atoms with Crippen molar-refractivity contribution in [3.05, 3.63) is 18.3 Å². The summed E-state index contributed by atoms with van der Waals surface area (Å²) in [4.78, 5) is 4.59. The molecule has 2 unspecified atom stereocenters. The van der Waals surface area contributed by atoms with Crippen molar-refractivity contribution >= 4 is 15.8 Å². The molecule has 7 heteroatoms. The lowest BCUT2D eigenvalue weighted by atomic mass is 10.00. The van der Waals surface area contributed by atoms with Crippen molar-refractivity contribution in [2.24, 2.45) is 5.92 Å². The quantitative estimate of drug-likeness (QED) is 0.819. The number of anilines is 1. The van der Waals surface area contributed by atoms with Gasteiger partial charge in [-0.1, -0.05) is 12.8 Å². The minimum absolute atomic E-state index is 0.212. The summed E-state index contributed by atoms with van der Waals surface area (Å²) in [6, 6.07) is 3.72.